The minimum Gasteiger partial charge on any atom is -0.481 e. The van der Waals surface area contributed by atoms with Gasteiger partial charge >= 0.3 is 5.97 Å². The topological polar surface area (TPSA) is 92.6 Å². The predicted octanol–water partition coefficient (Wildman–Crippen LogP) is 4.16. The first kappa shape index (κ1) is 20.6. The molecule has 7 nitrogen and oxygen atoms in total. The number of halogens is 1. The lowest BCUT2D eigenvalue weighted by Crippen LogP contribution is -2.32. The molecule has 1 aromatic heterocycles. The summed E-state index contributed by atoms with van der Waals surface area (Å²) in [7, 11) is 0. The standard InChI is InChI=1S/C22H24ClN3O4/c1-13(22(28)29)14-2-4-15(5-3-14)16-6-8-17(9-7-16)26-10-11-30-20-18(21(26)27)19(23)24-12-25-20/h6-9,12-15H,2-5,10-11H2,1H3,(H,28,29). The van der Waals surface area contributed by atoms with Gasteiger partial charge in [0, 0.05) is 5.69 Å². The normalized spacial score (nSPS) is 22.6. The lowest BCUT2D eigenvalue weighted by Gasteiger charge is -2.31. The van der Waals surface area contributed by atoms with Gasteiger partial charge in [-0.3, -0.25) is 9.59 Å². The van der Waals surface area contributed by atoms with Crippen molar-refractivity contribution in [2.45, 2.75) is 38.5 Å². The number of anilines is 1. The molecule has 2 aliphatic rings. The summed E-state index contributed by atoms with van der Waals surface area (Å²) in [6, 6.07) is 8.01. The molecule has 4 rings (SSSR count). The number of carboxylic acid groups (broad SMARTS) is 1. The van der Waals surface area contributed by atoms with Crippen molar-refractivity contribution in [3.05, 3.63) is 46.9 Å². The Morgan fingerprint density at radius 2 is 1.90 bits per heavy atom. The zero-order valence-electron chi connectivity index (χ0n) is 16.8. The summed E-state index contributed by atoms with van der Waals surface area (Å²) >= 11 is 6.13. The van der Waals surface area contributed by atoms with Crippen molar-refractivity contribution in [3.8, 4) is 5.88 Å². The van der Waals surface area contributed by atoms with Crippen molar-refractivity contribution in [3.63, 3.8) is 0 Å². The number of carbonyl (C=O) groups excluding carboxylic acids is 1. The van der Waals surface area contributed by atoms with E-state index in [2.05, 4.69) is 22.1 Å². The number of ether oxygens (including phenoxy) is 1. The Balaban J connectivity index is 1.47. The van der Waals surface area contributed by atoms with E-state index in [1.165, 1.54) is 11.9 Å². The Morgan fingerprint density at radius 1 is 1.20 bits per heavy atom. The summed E-state index contributed by atoms with van der Waals surface area (Å²) in [6.45, 7) is 2.52. The first-order chi connectivity index (χ1) is 14.5. The Kier molecular flexibility index (Phi) is 5.90. The number of aliphatic carboxylic acids is 1. The molecule has 1 unspecified atom stereocenters. The summed E-state index contributed by atoms with van der Waals surface area (Å²) in [6.07, 6.45) is 5.11. The molecule has 1 aliphatic heterocycles. The van der Waals surface area contributed by atoms with Crippen molar-refractivity contribution >= 4 is 29.2 Å². The maximum Gasteiger partial charge on any atom is 0.306 e. The minimum atomic E-state index is -0.707. The third kappa shape index (κ3) is 3.99. The van der Waals surface area contributed by atoms with E-state index in [9.17, 15) is 14.7 Å². The summed E-state index contributed by atoms with van der Waals surface area (Å²) in [5, 5.41) is 9.32. The lowest BCUT2D eigenvalue weighted by molar-refractivity contribution is -0.143. The van der Waals surface area contributed by atoms with Gasteiger partial charge in [0.15, 0.2) is 0 Å². The van der Waals surface area contributed by atoms with Crippen LogP contribution in [0, 0.1) is 11.8 Å². The SMILES string of the molecule is CC(C(=O)O)C1CCC(c2ccc(N3CCOc4ncnc(Cl)c4C3=O)cc2)CC1. The number of nitrogens with zero attached hydrogens (tertiary/aromatic N) is 3. The fourth-order valence-electron chi connectivity index (χ4n) is 4.44. The zero-order chi connectivity index (χ0) is 21.3. The van der Waals surface area contributed by atoms with Crippen molar-refractivity contribution in [1.29, 1.82) is 0 Å². The van der Waals surface area contributed by atoms with Crippen LogP contribution < -0.4 is 9.64 Å². The highest BCUT2D eigenvalue weighted by Gasteiger charge is 2.31. The van der Waals surface area contributed by atoms with Crippen LogP contribution in [-0.2, 0) is 4.79 Å². The Hall–Kier alpha value is -2.67. The molecule has 2 heterocycles. The van der Waals surface area contributed by atoms with Crippen LogP contribution in [0.5, 0.6) is 5.88 Å². The fraction of sp³-hybridized carbons (Fsp3) is 0.455. The first-order valence-electron chi connectivity index (χ1n) is 10.2. The van der Waals surface area contributed by atoms with Crippen LogP contribution in [0.1, 0.15) is 54.4 Å². The third-order valence-electron chi connectivity index (χ3n) is 6.32. The fourth-order valence-corrected chi connectivity index (χ4v) is 4.64. The highest BCUT2D eigenvalue weighted by Crippen LogP contribution is 2.39. The summed E-state index contributed by atoms with van der Waals surface area (Å²) in [5.74, 6) is -0.387. The second-order valence-electron chi connectivity index (χ2n) is 7.98. The molecular weight excluding hydrogens is 406 g/mol. The van der Waals surface area contributed by atoms with Gasteiger partial charge < -0.3 is 14.7 Å². The van der Waals surface area contributed by atoms with Crippen molar-refractivity contribution in [2.24, 2.45) is 11.8 Å². The molecule has 1 saturated carbocycles. The van der Waals surface area contributed by atoms with Crippen molar-refractivity contribution in [1.82, 2.24) is 9.97 Å². The van der Waals surface area contributed by atoms with Gasteiger partial charge in [-0.05, 0) is 55.2 Å². The van der Waals surface area contributed by atoms with Gasteiger partial charge in [-0.2, -0.15) is 0 Å². The number of amides is 1. The van der Waals surface area contributed by atoms with Gasteiger partial charge in [0.2, 0.25) is 5.88 Å². The number of rotatable bonds is 4. The van der Waals surface area contributed by atoms with E-state index in [0.29, 0.717) is 19.1 Å². The maximum atomic E-state index is 13.0. The second-order valence-corrected chi connectivity index (χ2v) is 8.34. The maximum absolute atomic E-state index is 13.0. The third-order valence-corrected chi connectivity index (χ3v) is 6.61. The summed E-state index contributed by atoms with van der Waals surface area (Å²) < 4.78 is 5.58. The molecule has 1 aliphatic carbocycles. The number of aromatic nitrogens is 2. The van der Waals surface area contributed by atoms with Crippen molar-refractivity contribution < 1.29 is 19.4 Å². The smallest absolute Gasteiger partial charge is 0.306 e. The molecule has 1 atom stereocenters. The predicted molar refractivity (Wildman–Crippen MR) is 112 cm³/mol. The molecule has 8 heteroatoms. The van der Waals surface area contributed by atoms with E-state index in [-0.39, 0.29) is 34.3 Å². The van der Waals surface area contributed by atoms with Crippen LogP contribution >= 0.6 is 11.6 Å². The van der Waals surface area contributed by atoms with Crippen LogP contribution in [0.25, 0.3) is 0 Å². The first-order valence-corrected chi connectivity index (χ1v) is 10.6. The molecule has 1 fully saturated rings. The molecule has 1 N–H and O–H groups in total. The van der Waals surface area contributed by atoms with E-state index >= 15 is 0 Å². The summed E-state index contributed by atoms with van der Waals surface area (Å²) in [5.41, 5.74) is 2.18. The van der Waals surface area contributed by atoms with Gasteiger partial charge in [0.1, 0.15) is 23.7 Å². The average molecular weight is 430 g/mol. The van der Waals surface area contributed by atoms with Gasteiger partial charge in [-0.15, -0.1) is 0 Å². The van der Waals surface area contributed by atoms with Gasteiger partial charge in [0.25, 0.3) is 5.91 Å². The van der Waals surface area contributed by atoms with Crippen LogP contribution in [0.2, 0.25) is 5.15 Å². The van der Waals surface area contributed by atoms with Crippen molar-refractivity contribution in [2.75, 3.05) is 18.1 Å². The lowest BCUT2D eigenvalue weighted by atomic mass is 9.74. The van der Waals surface area contributed by atoms with Gasteiger partial charge in [-0.25, -0.2) is 9.97 Å². The van der Waals surface area contributed by atoms with E-state index in [1.807, 2.05) is 12.1 Å². The minimum absolute atomic E-state index is 0.0841. The molecule has 0 spiro atoms. The molecule has 30 heavy (non-hydrogen) atoms. The second kappa shape index (κ2) is 8.60. The van der Waals surface area contributed by atoms with Crippen LogP contribution in [-0.4, -0.2) is 40.1 Å². The van der Waals surface area contributed by atoms with E-state index in [4.69, 9.17) is 16.3 Å². The number of fused-ring (bicyclic) bond motifs is 1. The molecule has 158 valence electrons. The number of benzene rings is 1. The number of carboxylic acids is 1. The molecule has 0 saturated heterocycles. The molecule has 1 amide bonds. The van der Waals surface area contributed by atoms with E-state index in [0.717, 1.165) is 31.4 Å². The Morgan fingerprint density at radius 3 is 2.57 bits per heavy atom. The molecular formula is C22H24ClN3O4. The van der Waals surface area contributed by atoms with Crippen LogP contribution in [0.15, 0.2) is 30.6 Å². The average Bonchev–Trinajstić information content (AvgIpc) is 2.93. The molecule has 1 aromatic carbocycles. The molecule has 0 bridgehead atoms. The molecule has 2 aromatic rings. The molecule has 0 radical (unpaired) electrons. The highest BCUT2D eigenvalue weighted by molar-refractivity contribution is 6.33. The van der Waals surface area contributed by atoms with Crippen LogP contribution in [0.4, 0.5) is 5.69 Å². The number of carbonyl (C=O) groups is 2. The number of hydrogen-bond acceptors (Lipinski definition) is 5. The Labute approximate surface area is 180 Å². The van der Waals surface area contributed by atoms with E-state index in [1.54, 1.807) is 11.8 Å². The monoisotopic (exact) mass is 429 g/mol. The van der Waals surface area contributed by atoms with Gasteiger partial charge in [-0.1, -0.05) is 30.7 Å². The Bertz CT molecular complexity index is 942. The van der Waals surface area contributed by atoms with Gasteiger partial charge in [0.05, 0.1) is 12.5 Å². The quantitative estimate of drug-likeness (QED) is 0.733. The highest BCUT2D eigenvalue weighted by atomic mass is 35.5. The largest absolute Gasteiger partial charge is 0.481 e. The zero-order valence-corrected chi connectivity index (χ0v) is 17.5. The van der Waals surface area contributed by atoms with Crippen LogP contribution in [0.3, 0.4) is 0 Å². The number of hydrogen-bond donors (Lipinski definition) is 1. The summed E-state index contributed by atoms with van der Waals surface area (Å²) in [4.78, 5) is 33.8. The van der Waals surface area contributed by atoms with E-state index < -0.39 is 5.97 Å².